The number of carbonyl (C=O) groups excluding carboxylic acids is 3. The van der Waals surface area contributed by atoms with Crippen LogP contribution in [0.1, 0.15) is 23.7 Å². The molecule has 6 nitrogen and oxygen atoms in total. The van der Waals surface area contributed by atoms with Gasteiger partial charge in [-0.15, -0.1) is 6.58 Å². The van der Waals surface area contributed by atoms with Crippen LogP contribution in [-0.2, 0) is 14.3 Å². The highest BCUT2D eigenvalue weighted by Gasteiger charge is 2.10. The molecule has 1 rings (SSSR count). The highest BCUT2D eigenvalue weighted by Crippen LogP contribution is 2.11. The van der Waals surface area contributed by atoms with Crippen molar-refractivity contribution in [2.24, 2.45) is 0 Å². The Balaban J connectivity index is 2.51. The van der Waals surface area contributed by atoms with Crippen LogP contribution in [0.3, 0.4) is 0 Å². The van der Waals surface area contributed by atoms with Gasteiger partial charge in [-0.25, -0.2) is 4.79 Å². The first-order chi connectivity index (χ1) is 10.1. The molecule has 112 valence electrons. The number of amides is 2. The van der Waals surface area contributed by atoms with Crippen LogP contribution in [-0.4, -0.2) is 30.9 Å². The second kappa shape index (κ2) is 8.52. The SMILES string of the molecule is C=CCNC(=O)CC(=O)Nc1ccc(C(=O)OCC)cc1. The summed E-state index contributed by atoms with van der Waals surface area (Å²) in [6, 6.07) is 6.24. The molecule has 0 fully saturated rings. The monoisotopic (exact) mass is 290 g/mol. The average molecular weight is 290 g/mol. The van der Waals surface area contributed by atoms with E-state index in [1.54, 1.807) is 31.2 Å². The largest absolute Gasteiger partial charge is 0.462 e. The zero-order chi connectivity index (χ0) is 15.7. The zero-order valence-corrected chi connectivity index (χ0v) is 11.8. The molecule has 1 aromatic carbocycles. The third-order valence-corrected chi connectivity index (χ3v) is 2.44. The van der Waals surface area contributed by atoms with E-state index in [9.17, 15) is 14.4 Å². The summed E-state index contributed by atoms with van der Waals surface area (Å²) in [7, 11) is 0. The van der Waals surface area contributed by atoms with Crippen LogP contribution in [0.15, 0.2) is 36.9 Å². The molecule has 0 spiro atoms. The van der Waals surface area contributed by atoms with Crippen LogP contribution in [0.25, 0.3) is 0 Å². The second-order valence-electron chi connectivity index (χ2n) is 4.12. The Labute approximate surface area is 123 Å². The van der Waals surface area contributed by atoms with Gasteiger partial charge in [0.15, 0.2) is 0 Å². The summed E-state index contributed by atoms with van der Waals surface area (Å²) in [6.07, 6.45) is 1.26. The van der Waals surface area contributed by atoms with E-state index < -0.39 is 11.9 Å². The standard InChI is InChI=1S/C15H18N2O4/c1-3-9-16-13(18)10-14(19)17-12-7-5-11(6-8-12)15(20)21-4-2/h3,5-8H,1,4,9-10H2,2H3,(H,16,18)(H,17,19). The number of esters is 1. The van der Waals surface area contributed by atoms with Crippen molar-refractivity contribution in [1.82, 2.24) is 5.32 Å². The van der Waals surface area contributed by atoms with E-state index in [-0.39, 0.29) is 12.3 Å². The summed E-state index contributed by atoms with van der Waals surface area (Å²) in [4.78, 5) is 34.4. The van der Waals surface area contributed by atoms with Crippen LogP contribution < -0.4 is 10.6 Å². The van der Waals surface area contributed by atoms with Gasteiger partial charge in [0.1, 0.15) is 6.42 Å². The van der Waals surface area contributed by atoms with Gasteiger partial charge < -0.3 is 15.4 Å². The third kappa shape index (κ3) is 5.90. The predicted octanol–water partition coefficient (Wildman–Crippen LogP) is 1.49. The molecule has 0 atom stereocenters. The van der Waals surface area contributed by atoms with Gasteiger partial charge >= 0.3 is 5.97 Å². The van der Waals surface area contributed by atoms with E-state index in [4.69, 9.17) is 4.74 Å². The van der Waals surface area contributed by atoms with E-state index in [0.717, 1.165) is 0 Å². The number of rotatable bonds is 7. The molecule has 0 bridgehead atoms. The molecule has 1 aromatic rings. The Kier molecular flexibility index (Phi) is 6.67. The fourth-order valence-electron chi connectivity index (χ4n) is 1.50. The van der Waals surface area contributed by atoms with Gasteiger partial charge in [0.25, 0.3) is 0 Å². The second-order valence-corrected chi connectivity index (χ2v) is 4.12. The molecule has 0 unspecified atom stereocenters. The Morgan fingerprint density at radius 1 is 1.19 bits per heavy atom. The van der Waals surface area contributed by atoms with Crippen LogP contribution in [0.5, 0.6) is 0 Å². The highest BCUT2D eigenvalue weighted by atomic mass is 16.5. The van der Waals surface area contributed by atoms with Gasteiger partial charge in [-0.3, -0.25) is 9.59 Å². The molecule has 0 aliphatic heterocycles. The lowest BCUT2D eigenvalue weighted by Gasteiger charge is -2.06. The lowest BCUT2D eigenvalue weighted by atomic mass is 10.2. The summed E-state index contributed by atoms with van der Waals surface area (Å²) in [6.45, 7) is 5.81. The Bertz CT molecular complexity index is 523. The van der Waals surface area contributed by atoms with Gasteiger partial charge in [0.05, 0.1) is 12.2 Å². The molecule has 0 saturated heterocycles. The zero-order valence-electron chi connectivity index (χ0n) is 11.8. The Hall–Kier alpha value is -2.63. The Morgan fingerprint density at radius 3 is 2.43 bits per heavy atom. The van der Waals surface area contributed by atoms with Crippen molar-refractivity contribution in [3.63, 3.8) is 0 Å². The average Bonchev–Trinajstić information content (AvgIpc) is 2.46. The van der Waals surface area contributed by atoms with E-state index >= 15 is 0 Å². The molecule has 21 heavy (non-hydrogen) atoms. The van der Waals surface area contributed by atoms with Crippen molar-refractivity contribution in [2.75, 3.05) is 18.5 Å². The lowest BCUT2D eigenvalue weighted by Crippen LogP contribution is -2.28. The minimum atomic E-state index is -0.430. The first kappa shape index (κ1) is 16.4. The highest BCUT2D eigenvalue weighted by molar-refractivity contribution is 6.03. The fourth-order valence-corrected chi connectivity index (χ4v) is 1.50. The number of carbonyl (C=O) groups is 3. The molecule has 0 saturated carbocycles. The van der Waals surface area contributed by atoms with Crippen molar-refractivity contribution >= 4 is 23.5 Å². The maximum atomic E-state index is 11.6. The van der Waals surface area contributed by atoms with Crippen molar-refractivity contribution in [3.8, 4) is 0 Å². The number of anilines is 1. The smallest absolute Gasteiger partial charge is 0.338 e. The van der Waals surface area contributed by atoms with Crippen LogP contribution >= 0.6 is 0 Å². The number of hydrogen-bond acceptors (Lipinski definition) is 4. The third-order valence-electron chi connectivity index (χ3n) is 2.44. The van der Waals surface area contributed by atoms with E-state index in [1.807, 2.05) is 0 Å². The van der Waals surface area contributed by atoms with Crippen molar-refractivity contribution in [2.45, 2.75) is 13.3 Å². The van der Waals surface area contributed by atoms with Crippen LogP contribution in [0, 0.1) is 0 Å². The van der Waals surface area contributed by atoms with Crippen molar-refractivity contribution in [1.29, 1.82) is 0 Å². The van der Waals surface area contributed by atoms with Crippen LogP contribution in [0.2, 0.25) is 0 Å². The summed E-state index contributed by atoms with van der Waals surface area (Å²) >= 11 is 0. The summed E-state index contributed by atoms with van der Waals surface area (Å²) < 4.78 is 4.85. The Morgan fingerprint density at radius 2 is 1.86 bits per heavy atom. The number of ether oxygens (including phenoxy) is 1. The number of benzene rings is 1. The maximum Gasteiger partial charge on any atom is 0.338 e. The summed E-state index contributed by atoms with van der Waals surface area (Å²) in [5.41, 5.74) is 0.906. The van der Waals surface area contributed by atoms with Gasteiger partial charge in [0, 0.05) is 12.2 Å². The molecular weight excluding hydrogens is 272 g/mol. The van der Waals surface area contributed by atoms with E-state index in [1.165, 1.54) is 6.08 Å². The van der Waals surface area contributed by atoms with Gasteiger partial charge in [-0.05, 0) is 31.2 Å². The molecule has 2 N–H and O–H groups in total. The molecular formula is C15H18N2O4. The molecule has 2 amide bonds. The molecule has 0 aliphatic carbocycles. The maximum absolute atomic E-state index is 11.6. The normalized spacial score (nSPS) is 9.57. The topological polar surface area (TPSA) is 84.5 Å². The fraction of sp³-hybridized carbons (Fsp3) is 0.267. The minimum Gasteiger partial charge on any atom is -0.462 e. The lowest BCUT2D eigenvalue weighted by molar-refractivity contribution is -0.126. The van der Waals surface area contributed by atoms with E-state index in [2.05, 4.69) is 17.2 Å². The molecule has 0 aliphatic rings. The molecule has 6 heteroatoms. The summed E-state index contributed by atoms with van der Waals surface area (Å²) in [5.74, 6) is -1.23. The number of hydrogen-bond donors (Lipinski definition) is 2. The minimum absolute atomic E-state index is 0.270. The van der Waals surface area contributed by atoms with Crippen LogP contribution in [0.4, 0.5) is 5.69 Å². The quantitative estimate of drug-likeness (QED) is 0.453. The molecule has 0 radical (unpaired) electrons. The van der Waals surface area contributed by atoms with Gasteiger partial charge in [0.2, 0.25) is 11.8 Å². The predicted molar refractivity (Wildman–Crippen MR) is 78.9 cm³/mol. The van der Waals surface area contributed by atoms with Crippen molar-refractivity contribution in [3.05, 3.63) is 42.5 Å². The summed E-state index contributed by atoms with van der Waals surface area (Å²) in [5, 5.41) is 5.08. The van der Waals surface area contributed by atoms with Gasteiger partial charge in [-0.2, -0.15) is 0 Å². The number of nitrogens with one attached hydrogen (secondary N) is 2. The first-order valence-electron chi connectivity index (χ1n) is 6.51. The van der Waals surface area contributed by atoms with Crippen molar-refractivity contribution < 1.29 is 19.1 Å². The van der Waals surface area contributed by atoms with E-state index in [0.29, 0.717) is 24.4 Å². The molecule has 0 heterocycles. The first-order valence-corrected chi connectivity index (χ1v) is 6.51. The molecule has 0 aromatic heterocycles. The van der Waals surface area contributed by atoms with Gasteiger partial charge in [-0.1, -0.05) is 6.08 Å².